The molecule has 0 atom stereocenters. The lowest BCUT2D eigenvalue weighted by atomic mass is 10.2. The maximum absolute atomic E-state index is 5.49. The van der Waals surface area contributed by atoms with Crippen LogP contribution in [0.3, 0.4) is 0 Å². The van der Waals surface area contributed by atoms with Crippen molar-refractivity contribution in [1.82, 2.24) is 10.2 Å². The maximum Gasteiger partial charge on any atom is 0.276 e. The van der Waals surface area contributed by atoms with Gasteiger partial charge in [0.25, 0.3) is 5.22 Å². The predicted molar refractivity (Wildman–Crippen MR) is 74.9 cm³/mol. The van der Waals surface area contributed by atoms with Gasteiger partial charge in [-0.2, -0.15) is 0 Å². The van der Waals surface area contributed by atoms with E-state index >= 15 is 0 Å². The smallest absolute Gasteiger partial charge is 0.276 e. The largest absolute Gasteiger partial charge is 0.493 e. The number of ether oxygens (including phenoxy) is 2. The van der Waals surface area contributed by atoms with Crippen molar-refractivity contribution in [3.63, 3.8) is 0 Å². The van der Waals surface area contributed by atoms with Crippen LogP contribution in [-0.2, 0) is 12.2 Å². The van der Waals surface area contributed by atoms with Gasteiger partial charge in [-0.3, -0.25) is 0 Å². The first kappa shape index (κ1) is 14.7. The number of thioether (sulfide) groups is 1. The Balaban J connectivity index is 1.99. The molecule has 108 valence electrons. The number of nitrogens with zero attached hydrogens (tertiary/aromatic N) is 2. The fourth-order valence-electron chi connectivity index (χ4n) is 1.66. The summed E-state index contributed by atoms with van der Waals surface area (Å²) in [5, 5.41) is 8.52. The van der Waals surface area contributed by atoms with Crippen molar-refractivity contribution >= 4 is 11.8 Å². The molecule has 1 aromatic carbocycles. The normalized spacial score (nSPS) is 10.6. The number of quaternary nitrogens is 1. The SMILES string of the molecule is COc1ccc(CSc2nnc(CC[NH3+])o2)cc1OC. The van der Waals surface area contributed by atoms with Gasteiger partial charge in [0.1, 0.15) is 0 Å². The Morgan fingerprint density at radius 1 is 1.20 bits per heavy atom. The van der Waals surface area contributed by atoms with E-state index in [2.05, 4.69) is 15.9 Å². The Morgan fingerprint density at radius 3 is 2.70 bits per heavy atom. The summed E-state index contributed by atoms with van der Waals surface area (Å²) in [6, 6.07) is 5.82. The summed E-state index contributed by atoms with van der Waals surface area (Å²) in [7, 11) is 3.24. The fourth-order valence-corrected chi connectivity index (χ4v) is 2.39. The Kier molecular flexibility index (Phi) is 5.25. The van der Waals surface area contributed by atoms with Gasteiger partial charge in [-0.15, -0.1) is 10.2 Å². The van der Waals surface area contributed by atoms with Gasteiger partial charge in [0.15, 0.2) is 11.5 Å². The van der Waals surface area contributed by atoms with Gasteiger partial charge in [-0.25, -0.2) is 0 Å². The summed E-state index contributed by atoms with van der Waals surface area (Å²) in [4.78, 5) is 0. The first-order valence-electron chi connectivity index (χ1n) is 6.22. The molecule has 0 saturated heterocycles. The minimum Gasteiger partial charge on any atom is -0.493 e. The van der Waals surface area contributed by atoms with E-state index in [0.717, 1.165) is 23.6 Å². The van der Waals surface area contributed by atoms with Crippen molar-refractivity contribution in [2.24, 2.45) is 0 Å². The summed E-state index contributed by atoms with van der Waals surface area (Å²) in [6.07, 6.45) is 0.712. The van der Waals surface area contributed by atoms with E-state index in [9.17, 15) is 0 Å². The van der Waals surface area contributed by atoms with E-state index < -0.39 is 0 Å². The second-order valence-corrected chi connectivity index (χ2v) is 4.97. The van der Waals surface area contributed by atoms with Crippen molar-refractivity contribution < 1.29 is 19.6 Å². The minimum atomic E-state index is 0.572. The molecule has 0 aliphatic rings. The standard InChI is InChI=1S/C13H17N3O3S/c1-17-10-4-3-9(7-11(10)18-2)8-20-13-16-15-12(19-13)5-6-14/h3-4,7H,5-6,8,14H2,1-2H3/p+1. The molecule has 0 radical (unpaired) electrons. The molecule has 0 aliphatic heterocycles. The monoisotopic (exact) mass is 296 g/mol. The molecule has 0 amide bonds. The number of aromatic nitrogens is 2. The second kappa shape index (κ2) is 7.16. The van der Waals surface area contributed by atoms with Gasteiger partial charge in [0.2, 0.25) is 5.89 Å². The van der Waals surface area contributed by atoms with E-state index in [-0.39, 0.29) is 0 Å². The number of benzene rings is 1. The van der Waals surface area contributed by atoms with Crippen LogP contribution in [0.4, 0.5) is 0 Å². The zero-order valence-corrected chi connectivity index (χ0v) is 12.4. The van der Waals surface area contributed by atoms with Crippen LogP contribution in [0.1, 0.15) is 11.5 Å². The van der Waals surface area contributed by atoms with Gasteiger partial charge in [0, 0.05) is 5.75 Å². The Labute approximate surface area is 121 Å². The summed E-state index contributed by atoms with van der Waals surface area (Å²) >= 11 is 1.50. The molecule has 0 bridgehead atoms. The third-order valence-corrected chi connectivity index (χ3v) is 3.54. The molecule has 2 aromatic rings. The molecule has 0 saturated carbocycles. The Morgan fingerprint density at radius 2 is 2.00 bits per heavy atom. The highest BCUT2D eigenvalue weighted by atomic mass is 32.2. The first-order valence-corrected chi connectivity index (χ1v) is 7.20. The topological polar surface area (TPSA) is 85.0 Å². The molecule has 0 aliphatic carbocycles. The molecule has 6 nitrogen and oxygen atoms in total. The van der Waals surface area contributed by atoms with E-state index in [1.807, 2.05) is 18.2 Å². The van der Waals surface area contributed by atoms with Gasteiger partial charge in [-0.1, -0.05) is 17.8 Å². The molecule has 0 fully saturated rings. The van der Waals surface area contributed by atoms with Crippen molar-refractivity contribution in [2.75, 3.05) is 20.8 Å². The number of methoxy groups -OCH3 is 2. The summed E-state index contributed by atoms with van der Waals surface area (Å²) in [5.74, 6) is 2.80. The van der Waals surface area contributed by atoms with E-state index in [4.69, 9.17) is 13.9 Å². The van der Waals surface area contributed by atoms with Crippen LogP contribution < -0.4 is 15.2 Å². The minimum absolute atomic E-state index is 0.572. The second-order valence-electron chi connectivity index (χ2n) is 4.04. The fraction of sp³-hybridized carbons (Fsp3) is 0.385. The van der Waals surface area contributed by atoms with Crippen LogP contribution in [0.25, 0.3) is 0 Å². The van der Waals surface area contributed by atoms with Gasteiger partial charge in [-0.05, 0) is 17.7 Å². The summed E-state index contributed by atoms with van der Waals surface area (Å²) < 4.78 is 16.0. The molecule has 2 rings (SSSR count). The molecule has 1 aromatic heterocycles. The third-order valence-electron chi connectivity index (χ3n) is 2.65. The van der Waals surface area contributed by atoms with Crippen LogP contribution in [0.5, 0.6) is 11.5 Å². The average molecular weight is 296 g/mol. The molecule has 20 heavy (non-hydrogen) atoms. The lowest BCUT2D eigenvalue weighted by Crippen LogP contribution is -2.51. The summed E-state index contributed by atoms with van der Waals surface area (Å²) in [6.45, 7) is 0.752. The molecule has 0 spiro atoms. The predicted octanol–water partition coefficient (Wildman–Crippen LogP) is 1.16. The third kappa shape index (κ3) is 3.64. The highest BCUT2D eigenvalue weighted by Crippen LogP contribution is 2.30. The maximum atomic E-state index is 5.49. The van der Waals surface area contributed by atoms with Crippen molar-refractivity contribution in [3.8, 4) is 11.5 Å². The van der Waals surface area contributed by atoms with Crippen LogP contribution >= 0.6 is 11.8 Å². The lowest BCUT2D eigenvalue weighted by Gasteiger charge is -2.08. The van der Waals surface area contributed by atoms with Crippen molar-refractivity contribution in [3.05, 3.63) is 29.7 Å². The van der Waals surface area contributed by atoms with Gasteiger partial charge >= 0.3 is 0 Å². The van der Waals surface area contributed by atoms with E-state index in [1.165, 1.54) is 11.8 Å². The number of rotatable bonds is 7. The van der Waals surface area contributed by atoms with Gasteiger partial charge in [0.05, 0.1) is 27.2 Å². The average Bonchev–Trinajstić information content (AvgIpc) is 2.93. The highest BCUT2D eigenvalue weighted by Gasteiger charge is 2.09. The zero-order chi connectivity index (χ0) is 14.4. The van der Waals surface area contributed by atoms with E-state index in [1.54, 1.807) is 14.2 Å². The van der Waals surface area contributed by atoms with E-state index in [0.29, 0.717) is 23.3 Å². The van der Waals surface area contributed by atoms with Crippen LogP contribution in [-0.4, -0.2) is 31.0 Å². The van der Waals surface area contributed by atoms with Crippen LogP contribution in [0.15, 0.2) is 27.8 Å². The molecule has 3 N–H and O–H groups in total. The quantitative estimate of drug-likeness (QED) is 0.772. The molecule has 7 heteroatoms. The molecule has 1 heterocycles. The van der Waals surface area contributed by atoms with Gasteiger partial charge < -0.3 is 19.6 Å². The van der Waals surface area contributed by atoms with Crippen LogP contribution in [0.2, 0.25) is 0 Å². The molecule has 0 unspecified atom stereocenters. The van der Waals surface area contributed by atoms with Crippen LogP contribution in [0, 0.1) is 0 Å². The summed E-state index contributed by atoms with van der Waals surface area (Å²) in [5.41, 5.74) is 4.86. The number of hydrogen-bond donors (Lipinski definition) is 1. The van der Waals surface area contributed by atoms with Crippen molar-refractivity contribution in [2.45, 2.75) is 17.4 Å². The number of hydrogen-bond acceptors (Lipinski definition) is 6. The highest BCUT2D eigenvalue weighted by molar-refractivity contribution is 7.98. The Bertz CT molecular complexity index is 560. The molecular weight excluding hydrogens is 278 g/mol. The Hall–Kier alpha value is -1.73. The first-order chi connectivity index (χ1) is 9.76. The molecular formula is C13H18N3O3S+. The lowest BCUT2D eigenvalue weighted by molar-refractivity contribution is -0.367. The zero-order valence-electron chi connectivity index (χ0n) is 11.6. The van der Waals surface area contributed by atoms with Crippen molar-refractivity contribution in [1.29, 1.82) is 0 Å².